The van der Waals surface area contributed by atoms with Crippen LogP contribution in [0.3, 0.4) is 0 Å². The average molecular weight is 340 g/mol. The molecule has 1 aromatic carbocycles. The fraction of sp³-hybridized carbons (Fsp3) is 0.400. The zero-order valence-corrected chi connectivity index (χ0v) is 14.2. The van der Waals surface area contributed by atoms with Gasteiger partial charge in [0.2, 0.25) is 5.91 Å². The third kappa shape index (κ3) is 4.06. The summed E-state index contributed by atoms with van der Waals surface area (Å²) in [6.45, 7) is 2.17. The minimum absolute atomic E-state index is 0.0589. The zero-order valence-electron chi connectivity index (χ0n) is 14.2. The molecule has 1 fully saturated rings. The number of carbonyl (C=O) groups is 2. The number of hydrogen-bond donors (Lipinski definition) is 2. The quantitative estimate of drug-likeness (QED) is 0.612. The Hall–Kier alpha value is -2.24. The molecule has 2 N–H and O–H groups in total. The van der Waals surface area contributed by atoms with Gasteiger partial charge in [0.1, 0.15) is 12.4 Å². The SMILES string of the molecule is O=CC1(C(=O)NCc2ccccc2)C=CC=CC1OC1CCNCC1. The van der Waals surface area contributed by atoms with Crippen molar-refractivity contribution in [2.75, 3.05) is 13.1 Å². The number of benzene rings is 1. The predicted octanol–water partition coefficient (Wildman–Crippen LogP) is 1.75. The van der Waals surface area contributed by atoms with Crippen LogP contribution in [0.4, 0.5) is 0 Å². The van der Waals surface area contributed by atoms with E-state index in [1.165, 1.54) is 0 Å². The Morgan fingerprint density at radius 2 is 2.00 bits per heavy atom. The van der Waals surface area contributed by atoms with E-state index in [2.05, 4.69) is 10.6 Å². The molecule has 1 saturated heterocycles. The second-order valence-corrected chi connectivity index (χ2v) is 6.47. The number of aldehydes is 1. The molecule has 25 heavy (non-hydrogen) atoms. The maximum atomic E-state index is 12.9. The van der Waals surface area contributed by atoms with Gasteiger partial charge in [0.25, 0.3) is 0 Å². The lowest BCUT2D eigenvalue weighted by Crippen LogP contribution is -2.51. The van der Waals surface area contributed by atoms with Crippen molar-refractivity contribution in [1.29, 1.82) is 0 Å². The van der Waals surface area contributed by atoms with Crippen LogP contribution in [0.2, 0.25) is 0 Å². The minimum Gasteiger partial charge on any atom is -0.369 e. The highest BCUT2D eigenvalue weighted by molar-refractivity contribution is 6.00. The lowest BCUT2D eigenvalue weighted by Gasteiger charge is -2.36. The molecule has 0 radical (unpaired) electrons. The number of nitrogens with one attached hydrogen (secondary N) is 2. The number of hydrogen-bond acceptors (Lipinski definition) is 4. The number of ether oxygens (including phenoxy) is 1. The summed E-state index contributed by atoms with van der Waals surface area (Å²) in [7, 11) is 0. The molecule has 1 aliphatic carbocycles. The molecule has 0 aromatic heterocycles. The molecule has 1 aliphatic heterocycles. The first kappa shape index (κ1) is 17.6. The van der Waals surface area contributed by atoms with E-state index in [0.29, 0.717) is 12.8 Å². The maximum absolute atomic E-state index is 12.9. The Balaban J connectivity index is 1.70. The molecule has 1 aromatic rings. The summed E-state index contributed by atoms with van der Waals surface area (Å²) < 4.78 is 6.14. The van der Waals surface area contributed by atoms with Gasteiger partial charge in [0.15, 0.2) is 5.41 Å². The van der Waals surface area contributed by atoms with Crippen molar-refractivity contribution in [3.05, 3.63) is 60.2 Å². The third-order valence-electron chi connectivity index (χ3n) is 4.75. The van der Waals surface area contributed by atoms with Gasteiger partial charge in [-0.15, -0.1) is 0 Å². The van der Waals surface area contributed by atoms with Crippen molar-refractivity contribution in [3.8, 4) is 0 Å². The Kier molecular flexibility index (Phi) is 5.79. The molecule has 2 atom stereocenters. The van der Waals surface area contributed by atoms with E-state index < -0.39 is 11.5 Å². The van der Waals surface area contributed by atoms with Crippen molar-refractivity contribution in [1.82, 2.24) is 10.6 Å². The normalized spacial score (nSPS) is 26.3. The van der Waals surface area contributed by atoms with Crippen LogP contribution in [0, 0.1) is 5.41 Å². The fourth-order valence-electron chi connectivity index (χ4n) is 3.23. The van der Waals surface area contributed by atoms with Crippen LogP contribution in [-0.2, 0) is 20.9 Å². The monoisotopic (exact) mass is 340 g/mol. The van der Waals surface area contributed by atoms with E-state index >= 15 is 0 Å². The maximum Gasteiger partial charge on any atom is 0.240 e. The summed E-state index contributed by atoms with van der Waals surface area (Å²) in [5.74, 6) is -0.328. The first-order valence-corrected chi connectivity index (χ1v) is 8.75. The molecule has 5 nitrogen and oxygen atoms in total. The zero-order chi connectivity index (χ0) is 17.5. The third-order valence-corrected chi connectivity index (χ3v) is 4.75. The smallest absolute Gasteiger partial charge is 0.240 e. The van der Waals surface area contributed by atoms with Gasteiger partial charge in [-0.3, -0.25) is 4.79 Å². The molecule has 132 valence electrons. The number of allylic oxidation sites excluding steroid dienone is 2. The molecule has 1 heterocycles. The molecule has 2 unspecified atom stereocenters. The van der Waals surface area contributed by atoms with Crippen LogP contribution in [0.25, 0.3) is 0 Å². The topological polar surface area (TPSA) is 67.4 Å². The summed E-state index contributed by atoms with van der Waals surface area (Å²) in [4.78, 5) is 24.8. The fourth-order valence-corrected chi connectivity index (χ4v) is 3.23. The van der Waals surface area contributed by atoms with E-state index in [9.17, 15) is 9.59 Å². The molecular formula is C20H24N2O3. The van der Waals surface area contributed by atoms with Crippen LogP contribution in [0.1, 0.15) is 18.4 Å². The summed E-state index contributed by atoms with van der Waals surface area (Å²) >= 11 is 0. The van der Waals surface area contributed by atoms with Gasteiger partial charge < -0.3 is 20.2 Å². The number of rotatable bonds is 6. The Bertz CT molecular complexity index is 650. The number of carbonyl (C=O) groups excluding carboxylic acids is 2. The Morgan fingerprint density at radius 3 is 2.72 bits per heavy atom. The highest BCUT2D eigenvalue weighted by Gasteiger charge is 2.45. The molecule has 1 amide bonds. The van der Waals surface area contributed by atoms with E-state index in [1.54, 1.807) is 18.2 Å². The Labute approximate surface area is 148 Å². The van der Waals surface area contributed by atoms with Crippen LogP contribution in [0.15, 0.2) is 54.6 Å². The molecule has 2 aliphatic rings. The predicted molar refractivity (Wildman–Crippen MR) is 95.8 cm³/mol. The van der Waals surface area contributed by atoms with Gasteiger partial charge >= 0.3 is 0 Å². The van der Waals surface area contributed by atoms with Crippen LogP contribution in [0.5, 0.6) is 0 Å². The largest absolute Gasteiger partial charge is 0.369 e. The van der Waals surface area contributed by atoms with Gasteiger partial charge in [-0.1, -0.05) is 54.6 Å². The van der Waals surface area contributed by atoms with Gasteiger partial charge in [-0.2, -0.15) is 0 Å². The molecule has 0 bridgehead atoms. The summed E-state index contributed by atoms with van der Waals surface area (Å²) in [5.41, 5.74) is -0.322. The number of amides is 1. The average Bonchev–Trinajstić information content (AvgIpc) is 2.68. The van der Waals surface area contributed by atoms with Crippen molar-refractivity contribution in [2.45, 2.75) is 31.6 Å². The van der Waals surface area contributed by atoms with Gasteiger partial charge in [0, 0.05) is 6.54 Å². The Morgan fingerprint density at radius 1 is 1.24 bits per heavy atom. The lowest BCUT2D eigenvalue weighted by atomic mass is 9.79. The second kappa shape index (κ2) is 8.23. The molecular weight excluding hydrogens is 316 g/mol. The van der Waals surface area contributed by atoms with Crippen LogP contribution in [-0.4, -0.2) is 37.5 Å². The standard InChI is InChI=1S/C20H24N2O3/c23-15-20(19(24)22-14-16-6-2-1-3-7-16)11-5-4-8-18(20)25-17-9-12-21-13-10-17/h1-8,11,15,17-18,21H,9-10,12-14H2,(H,22,24). The molecule has 3 rings (SSSR count). The van der Waals surface area contributed by atoms with Gasteiger partial charge in [-0.25, -0.2) is 0 Å². The van der Waals surface area contributed by atoms with E-state index in [1.807, 2.05) is 36.4 Å². The summed E-state index contributed by atoms with van der Waals surface area (Å²) in [6, 6.07) is 9.64. The molecule has 0 spiro atoms. The van der Waals surface area contributed by atoms with Crippen LogP contribution < -0.4 is 10.6 Å². The van der Waals surface area contributed by atoms with Crippen molar-refractivity contribution in [3.63, 3.8) is 0 Å². The minimum atomic E-state index is -1.31. The van der Waals surface area contributed by atoms with Crippen molar-refractivity contribution in [2.24, 2.45) is 5.41 Å². The second-order valence-electron chi connectivity index (χ2n) is 6.47. The van der Waals surface area contributed by atoms with Crippen LogP contribution >= 0.6 is 0 Å². The van der Waals surface area contributed by atoms with Crippen molar-refractivity contribution < 1.29 is 14.3 Å². The highest BCUT2D eigenvalue weighted by atomic mass is 16.5. The van der Waals surface area contributed by atoms with Gasteiger partial charge in [-0.05, 0) is 31.5 Å². The van der Waals surface area contributed by atoms with E-state index in [4.69, 9.17) is 4.74 Å². The summed E-state index contributed by atoms with van der Waals surface area (Å²) in [6.07, 6.45) is 8.97. The summed E-state index contributed by atoms with van der Waals surface area (Å²) in [5, 5.41) is 6.17. The molecule has 5 heteroatoms. The van der Waals surface area contributed by atoms with Crippen molar-refractivity contribution >= 4 is 12.2 Å². The molecule has 0 saturated carbocycles. The first-order valence-electron chi connectivity index (χ1n) is 8.75. The first-order chi connectivity index (χ1) is 12.2. The highest BCUT2D eigenvalue weighted by Crippen LogP contribution is 2.31. The van der Waals surface area contributed by atoms with E-state index in [-0.39, 0.29) is 12.0 Å². The van der Waals surface area contributed by atoms with E-state index in [0.717, 1.165) is 31.5 Å². The lowest BCUT2D eigenvalue weighted by molar-refractivity contribution is -0.143. The number of piperidine rings is 1. The van der Waals surface area contributed by atoms with Gasteiger partial charge in [0.05, 0.1) is 6.10 Å².